The summed E-state index contributed by atoms with van der Waals surface area (Å²) in [5, 5.41) is 2.33. The zero-order valence-electron chi connectivity index (χ0n) is 8.35. The first-order valence-electron chi connectivity index (χ1n) is 4.70. The van der Waals surface area contributed by atoms with E-state index in [1.807, 2.05) is 0 Å². The Labute approximate surface area is 101 Å². The van der Waals surface area contributed by atoms with E-state index in [0.29, 0.717) is 11.4 Å². The van der Waals surface area contributed by atoms with Gasteiger partial charge in [-0.3, -0.25) is 11.3 Å². The number of halogens is 4. The number of thiophene rings is 1. The van der Waals surface area contributed by atoms with Gasteiger partial charge in [-0.25, -0.2) is 0 Å². The highest BCUT2D eigenvalue weighted by molar-refractivity contribution is 7.10. The summed E-state index contributed by atoms with van der Waals surface area (Å²) in [6.45, 7) is 0. The minimum absolute atomic E-state index is 0.0343. The van der Waals surface area contributed by atoms with Crippen molar-refractivity contribution < 1.29 is 13.2 Å². The van der Waals surface area contributed by atoms with Crippen LogP contribution < -0.4 is 11.3 Å². The van der Waals surface area contributed by atoms with Crippen LogP contribution in [0, 0.1) is 0 Å². The molecular formula is C9H12ClF3N2S. The summed E-state index contributed by atoms with van der Waals surface area (Å²) in [7, 11) is 0. The Bertz CT molecular complexity index is 327. The maximum Gasteiger partial charge on any atom is 0.389 e. The summed E-state index contributed by atoms with van der Waals surface area (Å²) in [6, 6.07) is 1.39. The molecule has 16 heavy (non-hydrogen) atoms. The van der Waals surface area contributed by atoms with Gasteiger partial charge in [0.25, 0.3) is 0 Å². The van der Waals surface area contributed by atoms with Gasteiger partial charge in [-0.2, -0.15) is 13.2 Å². The van der Waals surface area contributed by atoms with Crippen molar-refractivity contribution in [3.63, 3.8) is 0 Å². The molecule has 7 heteroatoms. The van der Waals surface area contributed by atoms with Crippen LogP contribution in [0.25, 0.3) is 0 Å². The lowest BCUT2D eigenvalue weighted by atomic mass is 10.1. The van der Waals surface area contributed by atoms with E-state index >= 15 is 0 Å². The van der Waals surface area contributed by atoms with Crippen LogP contribution in [0.3, 0.4) is 0 Å². The number of hydrogen-bond acceptors (Lipinski definition) is 3. The zero-order valence-corrected chi connectivity index (χ0v) is 9.92. The molecule has 0 amide bonds. The van der Waals surface area contributed by atoms with E-state index in [1.54, 1.807) is 11.4 Å². The van der Waals surface area contributed by atoms with Crippen LogP contribution in [0.1, 0.15) is 30.2 Å². The highest BCUT2D eigenvalue weighted by atomic mass is 35.5. The third-order valence-corrected chi connectivity index (χ3v) is 3.59. The number of nitrogens with one attached hydrogen (secondary N) is 1. The van der Waals surface area contributed by atoms with Crippen LogP contribution in [0.5, 0.6) is 0 Å². The SMILES string of the molecule is NNC(CCCC(F)(F)F)c1sccc1Cl. The van der Waals surface area contributed by atoms with Gasteiger partial charge in [0.2, 0.25) is 0 Å². The van der Waals surface area contributed by atoms with Crippen LogP contribution in [0.4, 0.5) is 13.2 Å². The summed E-state index contributed by atoms with van der Waals surface area (Å²) in [6.07, 6.45) is -4.56. The van der Waals surface area contributed by atoms with Crippen LogP contribution in [-0.2, 0) is 0 Å². The highest BCUT2D eigenvalue weighted by Crippen LogP contribution is 2.32. The summed E-state index contributed by atoms with van der Waals surface area (Å²) < 4.78 is 35.9. The molecule has 1 heterocycles. The maximum atomic E-state index is 12.0. The van der Waals surface area contributed by atoms with Crippen LogP contribution in [0.15, 0.2) is 11.4 Å². The lowest BCUT2D eigenvalue weighted by Gasteiger charge is -2.15. The molecule has 0 saturated carbocycles. The van der Waals surface area contributed by atoms with Crippen molar-refractivity contribution in [3.05, 3.63) is 21.3 Å². The third kappa shape index (κ3) is 4.29. The monoisotopic (exact) mass is 272 g/mol. The van der Waals surface area contributed by atoms with Gasteiger partial charge in [0.1, 0.15) is 0 Å². The Balaban J connectivity index is 2.48. The van der Waals surface area contributed by atoms with E-state index in [-0.39, 0.29) is 12.5 Å². The molecule has 1 aromatic rings. The minimum Gasteiger partial charge on any atom is -0.271 e. The normalized spacial score (nSPS) is 14.1. The van der Waals surface area contributed by atoms with E-state index in [1.165, 1.54) is 11.3 Å². The molecule has 1 aromatic heterocycles. The largest absolute Gasteiger partial charge is 0.389 e. The van der Waals surface area contributed by atoms with Crippen LogP contribution >= 0.6 is 22.9 Å². The molecule has 3 N–H and O–H groups in total. The van der Waals surface area contributed by atoms with E-state index in [0.717, 1.165) is 4.88 Å². The van der Waals surface area contributed by atoms with Crippen LogP contribution in [0.2, 0.25) is 5.02 Å². The van der Waals surface area contributed by atoms with Crippen molar-refractivity contribution in [1.82, 2.24) is 5.43 Å². The third-order valence-electron chi connectivity index (χ3n) is 2.12. The molecular weight excluding hydrogens is 261 g/mol. The fourth-order valence-corrected chi connectivity index (χ4v) is 2.64. The molecule has 0 saturated heterocycles. The quantitative estimate of drug-likeness (QED) is 0.634. The van der Waals surface area contributed by atoms with Gasteiger partial charge in [-0.05, 0) is 24.3 Å². The Hall–Kier alpha value is -0.300. The number of alkyl halides is 3. The summed E-state index contributed by atoms with van der Waals surface area (Å²) in [5.74, 6) is 5.30. The predicted molar refractivity (Wildman–Crippen MR) is 59.3 cm³/mol. The molecule has 0 aliphatic heterocycles. The van der Waals surface area contributed by atoms with Gasteiger partial charge in [0.05, 0.1) is 11.1 Å². The van der Waals surface area contributed by atoms with E-state index in [2.05, 4.69) is 5.43 Å². The number of hydrogen-bond donors (Lipinski definition) is 2. The Morgan fingerprint density at radius 1 is 1.50 bits per heavy atom. The van der Waals surface area contributed by atoms with Crippen molar-refractivity contribution in [1.29, 1.82) is 0 Å². The molecule has 1 unspecified atom stereocenters. The first-order valence-corrected chi connectivity index (χ1v) is 5.95. The molecule has 1 rings (SSSR count). The molecule has 1 atom stereocenters. The minimum atomic E-state index is -4.11. The first-order chi connectivity index (χ1) is 7.44. The van der Waals surface area contributed by atoms with Crippen molar-refractivity contribution in [3.8, 4) is 0 Å². The topological polar surface area (TPSA) is 38.0 Å². The molecule has 0 spiro atoms. The van der Waals surface area contributed by atoms with Crippen molar-refractivity contribution in [2.45, 2.75) is 31.5 Å². The van der Waals surface area contributed by atoms with Gasteiger partial charge in [-0.1, -0.05) is 11.6 Å². The number of nitrogens with two attached hydrogens (primary N) is 1. The highest BCUT2D eigenvalue weighted by Gasteiger charge is 2.27. The summed E-state index contributed by atoms with van der Waals surface area (Å²) in [5.41, 5.74) is 2.49. The van der Waals surface area contributed by atoms with Gasteiger partial charge >= 0.3 is 6.18 Å². The van der Waals surface area contributed by atoms with Crippen LogP contribution in [-0.4, -0.2) is 6.18 Å². The number of rotatable bonds is 5. The second kappa shape index (κ2) is 5.86. The summed E-state index contributed by atoms with van der Waals surface area (Å²) in [4.78, 5) is 0.784. The first kappa shape index (κ1) is 13.8. The Kier molecular flexibility index (Phi) is 5.04. The summed E-state index contributed by atoms with van der Waals surface area (Å²) >= 11 is 7.26. The molecule has 0 aliphatic carbocycles. The smallest absolute Gasteiger partial charge is 0.271 e. The number of hydrazine groups is 1. The molecule has 0 radical (unpaired) electrons. The molecule has 0 bridgehead atoms. The predicted octanol–water partition coefficient (Wildman–Crippen LogP) is 3.64. The van der Waals surface area contributed by atoms with E-state index in [9.17, 15) is 13.2 Å². The van der Waals surface area contributed by atoms with E-state index < -0.39 is 12.6 Å². The lowest BCUT2D eigenvalue weighted by Crippen LogP contribution is -2.27. The Morgan fingerprint density at radius 2 is 2.19 bits per heavy atom. The Morgan fingerprint density at radius 3 is 2.62 bits per heavy atom. The molecule has 0 aromatic carbocycles. The van der Waals surface area contributed by atoms with E-state index in [4.69, 9.17) is 17.4 Å². The van der Waals surface area contributed by atoms with Gasteiger partial charge in [0, 0.05) is 11.3 Å². The van der Waals surface area contributed by atoms with Crippen molar-refractivity contribution in [2.75, 3.05) is 0 Å². The standard InChI is InChI=1S/C9H12ClF3N2S/c10-6-3-5-16-8(6)7(15-14)2-1-4-9(11,12)13/h3,5,7,15H,1-2,4,14H2. The second-order valence-electron chi connectivity index (χ2n) is 3.36. The molecule has 0 aliphatic rings. The van der Waals surface area contributed by atoms with Gasteiger partial charge in [0.15, 0.2) is 0 Å². The lowest BCUT2D eigenvalue weighted by molar-refractivity contribution is -0.135. The van der Waals surface area contributed by atoms with Gasteiger partial charge < -0.3 is 0 Å². The molecule has 2 nitrogen and oxygen atoms in total. The van der Waals surface area contributed by atoms with Gasteiger partial charge in [-0.15, -0.1) is 11.3 Å². The second-order valence-corrected chi connectivity index (χ2v) is 4.71. The average molecular weight is 273 g/mol. The maximum absolute atomic E-state index is 12.0. The zero-order chi connectivity index (χ0) is 12.2. The van der Waals surface area contributed by atoms with Crippen molar-refractivity contribution in [2.24, 2.45) is 5.84 Å². The average Bonchev–Trinajstić information content (AvgIpc) is 2.58. The van der Waals surface area contributed by atoms with Crippen molar-refractivity contribution >= 4 is 22.9 Å². The fraction of sp³-hybridized carbons (Fsp3) is 0.556. The molecule has 92 valence electrons. The molecule has 0 fully saturated rings. The fourth-order valence-electron chi connectivity index (χ4n) is 1.35.